The van der Waals surface area contributed by atoms with E-state index >= 15 is 0 Å². The van der Waals surface area contributed by atoms with E-state index in [0.29, 0.717) is 0 Å². The summed E-state index contributed by atoms with van der Waals surface area (Å²) in [5.74, 6) is 0. The lowest BCUT2D eigenvalue weighted by Gasteiger charge is -2.03. The highest BCUT2D eigenvalue weighted by Crippen LogP contribution is 2.25. The van der Waals surface area contributed by atoms with E-state index in [0.717, 1.165) is 21.8 Å². The molecule has 3 rings (SSSR count). The first kappa shape index (κ1) is 8.30. The number of rotatable bonds is 0. The van der Waals surface area contributed by atoms with E-state index < -0.39 is 0 Å². The van der Waals surface area contributed by atoms with Crippen molar-refractivity contribution >= 4 is 27.2 Å². The maximum absolute atomic E-state index is 5.92. The smallest absolute Gasteiger partial charge is 0.0400 e. The van der Waals surface area contributed by atoms with Gasteiger partial charge < -0.3 is 5.73 Å². The first-order valence-electron chi connectivity index (χ1n) is 4.94. The van der Waals surface area contributed by atoms with Gasteiger partial charge in [0.25, 0.3) is 0 Å². The normalized spacial score (nSPS) is 10.9. The van der Waals surface area contributed by atoms with E-state index in [4.69, 9.17) is 5.73 Å². The van der Waals surface area contributed by atoms with E-state index in [1.165, 1.54) is 5.39 Å². The first-order valence-corrected chi connectivity index (χ1v) is 4.94. The molecule has 0 bridgehead atoms. The van der Waals surface area contributed by atoms with Gasteiger partial charge in [0.1, 0.15) is 0 Å². The Labute approximate surface area is 88.1 Å². The number of fused-ring (bicyclic) bond motifs is 2. The lowest BCUT2D eigenvalue weighted by Crippen LogP contribution is -1.86. The van der Waals surface area contributed by atoms with Crippen molar-refractivity contribution in [2.45, 2.75) is 0 Å². The minimum absolute atomic E-state index is 0.790. The Kier molecular flexibility index (Phi) is 1.65. The summed E-state index contributed by atoms with van der Waals surface area (Å²) in [6.07, 6.45) is 0. The Morgan fingerprint density at radius 2 is 1.67 bits per heavy atom. The third-order valence-corrected chi connectivity index (χ3v) is 2.66. The number of nitrogen functional groups attached to an aromatic ring is 1. The third-order valence-electron chi connectivity index (χ3n) is 2.66. The van der Waals surface area contributed by atoms with Crippen LogP contribution >= 0.6 is 0 Å². The van der Waals surface area contributed by atoms with Gasteiger partial charge in [-0.2, -0.15) is 0 Å². The lowest BCUT2D eigenvalue weighted by atomic mass is 10.0. The quantitative estimate of drug-likeness (QED) is 0.429. The van der Waals surface area contributed by atoms with Crippen LogP contribution in [0.4, 0.5) is 5.69 Å². The molecule has 0 saturated carbocycles. The fourth-order valence-electron chi connectivity index (χ4n) is 1.89. The summed E-state index contributed by atoms with van der Waals surface area (Å²) in [4.78, 5) is 0. The average Bonchev–Trinajstić information content (AvgIpc) is 2.27. The van der Waals surface area contributed by atoms with Crippen LogP contribution in [-0.4, -0.2) is 0 Å². The minimum atomic E-state index is 0.790. The van der Waals surface area contributed by atoms with E-state index in [1.54, 1.807) is 0 Å². The van der Waals surface area contributed by atoms with Gasteiger partial charge in [-0.15, -0.1) is 0 Å². The summed E-state index contributed by atoms with van der Waals surface area (Å²) in [6, 6.07) is 19.7. The van der Waals surface area contributed by atoms with E-state index in [1.807, 2.05) is 24.3 Å². The number of benzene rings is 3. The summed E-state index contributed by atoms with van der Waals surface area (Å²) < 4.78 is 0. The molecule has 0 aromatic heterocycles. The monoisotopic (exact) mass is 192 g/mol. The van der Waals surface area contributed by atoms with Crippen molar-refractivity contribution < 1.29 is 0 Å². The standard InChI is InChI=1S/C14H10N/c15-14-7-3-6-12-8-10-4-1-2-5-11(10)9-13(12)14/h1-8H,15H2. The van der Waals surface area contributed by atoms with Gasteiger partial charge in [-0.25, -0.2) is 0 Å². The van der Waals surface area contributed by atoms with Crippen molar-refractivity contribution in [1.82, 2.24) is 0 Å². The SMILES string of the molecule is Nc1cccc2cc3ccccc3[c]c12. The van der Waals surface area contributed by atoms with Crippen molar-refractivity contribution in [3.05, 3.63) is 54.6 Å². The number of hydrogen-bond donors (Lipinski definition) is 1. The van der Waals surface area contributed by atoms with Gasteiger partial charge >= 0.3 is 0 Å². The zero-order valence-electron chi connectivity index (χ0n) is 8.20. The van der Waals surface area contributed by atoms with Gasteiger partial charge in [-0.3, -0.25) is 0 Å². The second-order valence-electron chi connectivity index (χ2n) is 3.67. The highest BCUT2D eigenvalue weighted by Gasteiger charge is 2.00. The minimum Gasteiger partial charge on any atom is -0.398 e. The highest BCUT2D eigenvalue weighted by atomic mass is 14.5. The molecule has 0 unspecified atom stereocenters. The molecule has 0 aliphatic heterocycles. The van der Waals surface area contributed by atoms with Gasteiger partial charge in [-0.1, -0.05) is 36.4 Å². The van der Waals surface area contributed by atoms with Crippen molar-refractivity contribution in [2.24, 2.45) is 0 Å². The van der Waals surface area contributed by atoms with Crippen LogP contribution in [0, 0.1) is 6.07 Å². The molecule has 2 N–H and O–H groups in total. The molecular formula is C14H10N. The number of nitrogens with two attached hydrogens (primary N) is 1. The molecule has 3 aromatic rings. The van der Waals surface area contributed by atoms with Gasteiger partial charge in [0.2, 0.25) is 0 Å². The van der Waals surface area contributed by atoms with Gasteiger partial charge in [0.05, 0.1) is 0 Å². The second kappa shape index (κ2) is 2.99. The summed E-state index contributed by atoms with van der Waals surface area (Å²) >= 11 is 0. The molecule has 1 heteroatoms. The Morgan fingerprint density at radius 3 is 2.60 bits per heavy atom. The van der Waals surface area contributed by atoms with Crippen molar-refractivity contribution in [3.63, 3.8) is 0 Å². The lowest BCUT2D eigenvalue weighted by molar-refractivity contribution is 1.74. The van der Waals surface area contributed by atoms with Crippen molar-refractivity contribution in [3.8, 4) is 0 Å². The van der Waals surface area contributed by atoms with Crippen LogP contribution in [0.5, 0.6) is 0 Å². The molecule has 0 aliphatic carbocycles. The third kappa shape index (κ3) is 1.24. The van der Waals surface area contributed by atoms with Crippen LogP contribution in [-0.2, 0) is 0 Å². The van der Waals surface area contributed by atoms with Crippen LogP contribution in [0.3, 0.4) is 0 Å². The van der Waals surface area contributed by atoms with Crippen LogP contribution in [0.25, 0.3) is 21.5 Å². The Balaban J connectivity index is 2.53. The topological polar surface area (TPSA) is 26.0 Å². The molecule has 1 radical (unpaired) electrons. The van der Waals surface area contributed by atoms with Gasteiger partial charge in [-0.05, 0) is 28.3 Å². The Bertz CT molecular complexity index is 641. The fraction of sp³-hybridized carbons (Fsp3) is 0. The molecule has 3 aromatic carbocycles. The number of anilines is 1. The van der Waals surface area contributed by atoms with E-state index in [2.05, 4.69) is 30.3 Å². The highest BCUT2D eigenvalue weighted by molar-refractivity contribution is 6.02. The average molecular weight is 192 g/mol. The van der Waals surface area contributed by atoms with Gasteiger partial charge in [0.15, 0.2) is 0 Å². The van der Waals surface area contributed by atoms with E-state index in [-0.39, 0.29) is 0 Å². The summed E-state index contributed by atoms with van der Waals surface area (Å²) in [6.45, 7) is 0. The molecule has 0 atom stereocenters. The molecule has 0 fully saturated rings. The fourth-order valence-corrected chi connectivity index (χ4v) is 1.89. The summed E-state index contributed by atoms with van der Waals surface area (Å²) in [7, 11) is 0. The molecule has 71 valence electrons. The summed E-state index contributed by atoms with van der Waals surface area (Å²) in [5, 5.41) is 4.48. The molecule has 0 aliphatic rings. The van der Waals surface area contributed by atoms with Crippen molar-refractivity contribution in [1.29, 1.82) is 0 Å². The zero-order chi connectivity index (χ0) is 10.3. The van der Waals surface area contributed by atoms with Crippen molar-refractivity contribution in [2.75, 3.05) is 5.73 Å². The molecule has 0 saturated heterocycles. The Morgan fingerprint density at radius 1 is 0.867 bits per heavy atom. The van der Waals surface area contributed by atoms with E-state index in [9.17, 15) is 0 Å². The molecule has 0 spiro atoms. The molecule has 0 heterocycles. The van der Waals surface area contributed by atoms with Crippen LogP contribution in [0.1, 0.15) is 0 Å². The molecule has 1 nitrogen and oxygen atoms in total. The van der Waals surface area contributed by atoms with Gasteiger partial charge in [0, 0.05) is 17.1 Å². The van der Waals surface area contributed by atoms with Crippen LogP contribution < -0.4 is 5.73 Å². The maximum atomic E-state index is 5.92. The van der Waals surface area contributed by atoms with Crippen LogP contribution in [0.15, 0.2) is 48.5 Å². The Hall–Kier alpha value is -2.02. The maximum Gasteiger partial charge on any atom is 0.0400 e. The second-order valence-corrected chi connectivity index (χ2v) is 3.67. The molecule has 15 heavy (non-hydrogen) atoms. The molecule has 0 amide bonds. The zero-order valence-corrected chi connectivity index (χ0v) is 8.20. The predicted octanol–water partition coefficient (Wildman–Crippen LogP) is 3.38. The molecular weight excluding hydrogens is 182 g/mol. The largest absolute Gasteiger partial charge is 0.398 e. The predicted molar refractivity (Wildman–Crippen MR) is 64.7 cm³/mol. The number of hydrogen-bond acceptors (Lipinski definition) is 1. The van der Waals surface area contributed by atoms with Crippen LogP contribution in [0.2, 0.25) is 0 Å². The summed E-state index contributed by atoms with van der Waals surface area (Å²) in [5.41, 5.74) is 6.71. The first-order chi connectivity index (χ1) is 7.34.